The topological polar surface area (TPSA) is 68.5 Å². The predicted octanol–water partition coefficient (Wildman–Crippen LogP) is 2.61. The van der Waals surface area contributed by atoms with Crippen LogP contribution in [0.4, 0.5) is 0 Å². The Hall–Kier alpha value is -2.37. The summed E-state index contributed by atoms with van der Waals surface area (Å²) in [5.41, 5.74) is 1.10. The van der Waals surface area contributed by atoms with Gasteiger partial charge in [0, 0.05) is 18.9 Å². The zero-order chi connectivity index (χ0) is 16.1. The number of carbonyl (C=O) groups excluding carboxylic acids is 1. The van der Waals surface area contributed by atoms with E-state index in [1.165, 1.54) is 0 Å². The van der Waals surface area contributed by atoms with Crippen LogP contribution in [0, 0.1) is 0 Å². The molecule has 1 aliphatic carbocycles. The molecule has 5 rings (SSSR count). The van der Waals surface area contributed by atoms with Gasteiger partial charge in [-0.25, -0.2) is 0 Å². The molecule has 0 bridgehead atoms. The lowest BCUT2D eigenvalue weighted by Gasteiger charge is -2.25. The maximum atomic E-state index is 13.0. The number of benzene rings is 1. The Kier molecular flexibility index (Phi) is 3.11. The molecule has 1 saturated carbocycles. The van der Waals surface area contributed by atoms with Gasteiger partial charge in [-0.1, -0.05) is 23.4 Å². The van der Waals surface area contributed by atoms with E-state index in [9.17, 15) is 4.79 Å². The fourth-order valence-electron chi connectivity index (χ4n) is 3.68. The van der Waals surface area contributed by atoms with Gasteiger partial charge in [-0.05, 0) is 37.3 Å². The second-order valence-corrected chi connectivity index (χ2v) is 6.87. The molecule has 3 heterocycles. The van der Waals surface area contributed by atoms with E-state index in [0.29, 0.717) is 18.2 Å². The normalized spacial score (nSPS) is 25.6. The molecule has 2 atom stereocenters. The molecule has 1 amide bonds. The zero-order valence-electron chi connectivity index (χ0n) is 13.4. The molecular formula is C18H19N3O3. The minimum absolute atomic E-state index is 0.0338. The quantitative estimate of drug-likeness (QED) is 0.868. The number of hydrogen-bond donors (Lipinski definition) is 0. The second kappa shape index (κ2) is 5.33. The number of para-hydroxylation sites is 1. The Morgan fingerprint density at radius 1 is 1.21 bits per heavy atom. The maximum Gasteiger partial charge on any atom is 0.264 e. The molecule has 6 nitrogen and oxygen atoms in total. The van der Waals surface area contributed by atoms with Crippen molar-refractivity contribution in [3.8, 4) is 5.75 Å². The van der Waals surface area contributed by atoms with Crippen LogP contribution >= 0.6 is 0 Å². The summed E-state index contributed by atoms with van der Waals surface area (Å²) in [5, 5.41) is 4.14. The molecule has 6 heteroatoms. The molecule has 0 radical (unpaired) electrons. The molecule has 1 saturated heterocycles. The third-order valence-corrected chi connectivity index (χ3v) is 5.14. The Morgan fingerprint density at radius 3 is 2.92 bits per heavy atom. The summed E-state index contributed by atoms with van der Waals surface area (Å²) >= 11 is 0. The number of rotatable bonds is 3. The lowest BCUT2D eigenvalue weighted by molar-refractivity contribution is -0.139. The third kappa shape index (κ3) is 2.28. The Bertz CT molecular complexity index is 758. The lowest BCUT2D eigenvalue weighted by atomic mass is 10.1. The number of hydrogen-bond acceptors (Lipinski definition) is 5. The van der Waals surface area contributed by atoms with Gasteiger partial charge in [-0.15, -0.1) is 0 Å². The number of carbonyl (C=O) groups is 1. The summed E-state index contributed by atoms with van der Waals surface area (Å²) in [6.45, 7) is 0.729. The highest BCUT2D eigenvalue weighted by atomic mass is 16.5. The molecule has 2 aliphatic heterocycles. The monoisotopic (exact) mass is 325 g/mol. The molecule has 124 valence electrons. The van der Waals surface area contributed by atoms with Gasteiger partial charge >= 0.3 is 0 Å². The van der Waals surface area contributed by atoms with Gasteiger partial charge in [-0.3, -0.25) is 4.79 Å². The van der Waals surface area contributed by atoms with Crippen molar-refractivity contribution in [3.63, 3.8) is 0 Å². The van der Waals surface area contributed by atoms with Gasteiger partial charge in [-0.2, -0.15) is 4.98 Å². The minimum Gasteiger partial charge on any atom is -0.480 e. The van der Waals surface area contributed by atoms with Crippen molar-refractivity contribution in [2.75, 3.05) is 6.54 Å². The standard InChI is InChI=1S/C18H19N3O3/c22-18(15-10-12-4-1-2-6-14(12)23-15)21-9-3-5-13(21)16-19-17(24-20-16)11-7-8-11/h1-2,4,6,11,13,15H,3,5,7-10H2/t13-,15-/m1/s1. The molecule has 1 aromatic heterocycles. The number of likely N-dealkylation sites (tertiary alicyclic amines) is 1. The number of fused-ring (bicyclic) bond motifs is 1. The first-order chi connectivity index (χ1) is 11.8. The number of aromatic nitrogens is 2. The first-order valence-electron chi connectivity index (χ1n) is 8.68. The van der Waals surface area contributed by atoms with Crippen molar-refractivity contribution in [2.24, 2.45) is 0 Å². The van der Waals surface area contributed by atoms with Crippen molar-refractivity contribution in [3.05, 3.63) is 41.5 Å². The molecule has 0 unspecified atom stereocenters. The van der Waals surface area contributed by atoms with Crippen LogP contribution in [0.5, 0.6) is 5.75 Å². The van der Waals surface area contributed by atoms with Gasteiger partial charge in [0.05, 0.1) is 6.04 Å². The summed E-state index contributed by atoms with van der Waals surface area (Å²) < 4.78 is 11.2. The van der Waals surface area contributed by atoms with E-state index in [4.69, 9.17) is 9.26 Å². The number of amides is 1. The molecule has 2 fully saturated rings. The fraction of sp³-hybridized carbons (Fsp3) is 0.500. The van der Waals surface area contributed by atoms with Gasteiger partial charge in [0.1, 0.15) is 5.75 Å². The average Bonchev–Trinajstić information content (AvgIpc) is 3.06. The van der Waals surface area contributed by atoms with Crippen molar-refractivity contribution in [2.45, 2.75) is 50.2 Å². The number of ether oxygens (including phenoxy) is 1. The lowest BCUT2D eigenvalue weighted by Crippen LogP contribution is -2.41. The van der Waals surface area contributed by atoms with E-state index in [0.717, 1.165) is 49.4 Å². The predicted molar refractivity (Wildman–Crippen MR) is 84.5 cm³/mol. The van der Waals surface area contributed by atoms with Crippen LogP contribution in [0.1, 0.15) is 54.9 Å². The minimum atomic E-state index is -0.433. The van der Waals surface area contributed by atoms with Crippen LogP contribution in [-0.2, 0) is 11.2 Å². The first-order valence-corrected chi connectivity index (χ1v) is 8.68. The Morgan fingerprint density at radius 2 is 2.08 bits per heavy atom. The van der Waals surface area contributed by atoms with E-state index in [1.807, 2.05) is 29.2 Å². The summed E-state index contributed by atoms with van der Waals surface area (Å²) in [7, 11) is 0. The van der Waals surface area contributed by atoms with Crippen LogP contribution in [-0.4, -0.2) is 33.6 Å². The molecule has 2 aromatic rings. The summed E-state index contributed by atoms with van der Waals surface area (Å²) in [5.74, 6) is 2.67. The Labute approximate surface area is 139 Å². The summed E-state index contributed by atoms with van der Waals surface area (Å²) in [6.07, 6.45) is 4.31. The van der Waals surface area contributed by atoms with E-state index >= 15 is 0 Å². The summed E-state index contributed by atoms with van der Waals surface area (Å²) in [6, 6.07) is 7.77. The highest BCUT2D eigenvalue weighted by molar-refractivity contribution is 5.83. The first kappa shape index (κ1) is 14.0. The van der Waals surface area contributed by atoms with Crippen LogP contribution in [0.25, 0.3) is 0 Å². The van der Waals surface area contributed by atoms with Crippen LogP contribution in [0.15, 0.2) is 28.8 Å². The largest absolute Gasteiger partial charge is 0.480 e. The third-order valence-electron chi connectivity index (χ3n) is 5.14. The highest BCUT2D eigenvalue weighted by Gasteiger charge is 2.40. The van der Waals surface area contributed by atoms with Gasteiger partial charge in [0.25, 0.3) is 5.91 Å². The van der Waals surface area contributed by atoms with E-state index in [-0.39, 0.29) is 11.9 Å². The van der Waals surface area contributed by atoms with E-state index in [1.54, 1.807) is 0 Å². The van der Waals surface area contributed by atoms with Crippen molar-refractivity contribution < 1.29 is 14.1 Å². The van der Waals surface area contributed by atoms with E-state index in [2.05, 4.69) is 10.1 Å². The maximum absolute atomic E-state index is 13.0. The number of nitrogens with zero attached hydrogens (tertiary/aromatic N) is 3. The second-order valence-electron chi connectivity index (χ2n) is 6.87. The molecule has 0 spiro atoms. The molecule has 24 heavy (non-hydrogen) atoms. The molecule has 1 aromatic carbocycles. The average molecular weight is 325 g/mol. The van der Waals surface area contributed by atoms with Gasteiger partial charge in [0.2, 0.25) is 5.89 Å². The highest BCUT2D eigenvalue weighted by Crippen LogP contribution is 2.40. The van der Waals surface area contributed by atoms with Crippen molar-refractivity contribution >= 4 is 5.91 Å². The van der Waals surface area contributed by atoms with Crippen LogP contribution in [0.3, 0.4) is 0 Å². The van der Waals surface area contributed by atoms with Crippen molar-refractivity contribution in [1.82, 2.24) is 15.0 Å². The zero-order valence-corrected chi connectivity index (χ0v) is 13.4. The van der Waals surface area contributed by atoms with E-state index < -0.39 is 6.10 Å². The SMILES string of the molecule is O=C([C@H]1Cc2ccccc2O1)N1CCC[C@@H]1c1noc(C2CC2)n1. The van der Waals surface area contributed by atoms with Crippen LogP contribution < -0.4 is 4.74 Å². The smallest absolute Gasteiger partial charge is 0.264 e. The fourth-order valence-corrected chi connectivity index (χ4v) is 3.68. The summed E-state index contributed by atoms with van der Waals surface area (Å²) in [4.78, 5) is 19.4. The van der Waals surface area contributed by atoms with Crippen molar-refractivity contribution in [1.29, 1.82) is 0 Å². The van der Waals surface area contributed by atoms with Crippen LogP contribution in [0.2, 0.25) is 0 Å². The molecular weight excluding hydrogens is 306 g/mol. The van der Waals surface area contributed by atoms with Gasteiger partial charge in [0.15, 0.2) is 11.9 Å². The molecule has 3 aliphatic rings. The molecule has 0 N–H and O–H groups in total. The van der Waals surface area contributed by atoms with Gasteiger partial charge < -0.3 is 14.2 Å². The Balaban J connectivity index is 1.34.